The fourth-order valence-corrected chi connectivity index (χ4v) is 2.83. The summed E-state index contributed by atoms with van der Waals surface area (Å²) in [5, 5.41) is 8.96. The highest BCUT2D eigenvalue weighted by Crippen LogP contribution is 2.50. The molecule has 13 heavy (non-hydrogen) atoms. The number of carboxylic acids is 1. The molecular weight excluding hydrogens is 164 g/mol. The number of allylic oxidation sites excluding steroid dienone is 5. The van der Waals surface area contributed by atoms with Crippen molar-refractivity contribution in [3.8, 4) is 0 Å². The first-order chi connectivity index (χ1) is 6.27. The van der Waals surface area contributed by atoms with E-state index in [1.165, 1.54) is 0 Å². The molecule has 2 nitrogen and oxygen atoms in total. The summed E-state index contributed by atoms with van der Waals surface area (Å²) in [5.74, 6) is 0.769. The van der Waals surface area contributed by atoms with Crippen LogP contribution >= 0.6 is 0 Å². The summed E-state index contributed by atoms with van der Waals surface area (Å²) < 4.78 is 0. The summed E-state index contributed by atoms with van der Waals surface area (Å²) in [6.45, 7) is 0. The first kappa shape index (κ1) is 7.13. The Balaban J connectivity index is 2.07. The van der Waals surface area contributed by atoms with Crippen LogP contribution in [0.5, 0.6) is 0 Å². The molecule has 0 saturated carbocycles. The van der Waals surface area contributed by atoms with Crippen molar-refractivity contribution in [2.75, 3.05) is 0 Å². The minimum absolute atomic E-state index is 0.169. The molecule has 0 aromatic carbocycles. The molecule has 0 heterocycles. The van der Waals surface area contributed by atoms with Crippen LogP contribution in [0.4, 0.5) is 0 Å². The Bertz CT molecular complexity index is 362. The van der Waals surface area contributed by atoms with Crippen molar-refractivity contribution in [2.24, 2.45) is 23.7 Å². The second-order valence-electron chi connectivity index (χ2n) is 3.95. The number of carboxylic acid groups (broad SMARTS) is 1. The zero-order valence-electron chi connectivity index (χ0n) is 7.05. The lowest BCUT2D eigenvalue weighted by Gasteiger charge is -2.15. The quantitative estimate of drug-likeness (QED) is 0.613. The fourth-order valence-electron chi connectivity index (χ4n) is 2.83. The van der Waals surface area contributed by atoms with Gasteiger partial charge in [-0.2, -0.15) is 0 Å². The van der Waals surface area contributed by atoms with Crippen molar-refractivity contribution >= 4 is 5.97 Å². The van der Waals surface area contributed by atoms with Crippen LogP contribution in [0.2, 0.25) is 0 Å². The van der Waals surface area contributed by atoms with Gasteiger partial charge in [0.25, 0.3) is 0 Å². The van der Waals surface area contributed by atoms with Gasteiger partial charge in [0.2, 0.25) is 0 Å². The molecule has 0 bridgehead atoms. The minimum atomic E-state index is -0.752. The lowest BCUT2D eigenvalue weighted by Crippen LogP contribution is -2.15. The predicted molar refractivity (Wildman–Crippen MR) is 48.0 cm³/mol. The average Bonchev–Trinajstić information content (AvgIpc) is 2.72. The Kier molecular flexibility index (Phi) is 1.17. The van der Waals surface area contributed by atoms with E-state index < -0.39 is 5.97 Å². The molecule has 0 aromatic heterocycles. The highest BCUT2D eigenvalue weighted by Gasteiger charge is 2.45. The predicted octanol–water partition coefficient (Wildman–Crippen LogP) is 1.62. The summed E-state index contributed by atoms with van der Waals surface area (Å²) in [6, 6.07) is 0. The van der Waals surface area contributed by atoms with Crippen molar-refractivity contribution in [2.45, 2.75) is 0 Å². The topological polar surface area (TPSA) is 37.3 Å². The van der Waals surface area contributed by atoms with Crippen LogP contribution in [0, 0.1) is 23.7 Å². The van der Waals surface area contributed by atoms with Gasteiger partial charge in [-0.1, -0.05) is 30.4 Å². The van der Waals surface area contributed by atoms with E-state index in [2.05, 4.69) is 24.3 Å². The van der Waals surface area contributed by atoms with Gasteiger partial charge in [0.05, 0.1) is 0 Å². The van der Waals surface area contributed by atoms with Crippen LogP contribution in [0.3, 0.4) is 0 Å². The Morgan fingerprint density at radius 3 is 2.62 bits per heavy atom. The molecule has 4 atom stereocenters. The van der Waals surface area contributed by atoms with E-state index in [4.69, 9.17) is 5.11 Å². The SMILES string of the molecule is O=C(O)C1=C[C@@H]2C=C[C@@H]3C=CC1C32. The molecule has 66 valence electrons. The highest BCUT2D eigenvalue weighted by molar-refractivity contribution is 5.89. The third-order valence-electron chi connectivity index (χ3n) is 3.38. The largest absolute Gasteiger partial charge is 0.478 e. The van der Waals surface area contributed by atoms with Crippen molar-refractivity contribution in [1.29, 1.82) is 0 Å². The van der Waals surface area contributed by atoms with E-state index in [1.54, 1.807) is 0 Å². The van der Waals surface area contributed by atoms with E-state index in [1.807, 2.05) is 6.08 Å². The molecule has 0 aromatic rings. The number of aliphatic carboxylic acids is 1. The molecule has 3 rings (SSSR count). The summed E-state index contributed by atoms with van der Waals surface area (Å²) in [5.41, 5.74) is 0.595. The van der Waals surface area contributed by atoms with E-state index in [9.17, 15) is 4.79 Å². The van der Waals surface area contributed by atoms with E-state index in [0.717, 1.165) is 0 Å². The maximum absolute atomic E-state index is 10.9. The zero-order valence-corrected chi connectivity index (χ0v) is 7.05. The third kappa shape index (κ3) is 0.755. The van der Waals surface area contributed by atoms with Gasteiger partial charge >= 0.3 is 5.97 Å². The maximum atomic E-state index is 10.9. The van der Waals surface area contributed by atoms with Gasteiger partial charge in [-0.25, -0.2) is 4.79 Å². The van der Waals surface area contributed by atoms with Crippen molar-refractivity contribution < 1.29 is 9.90 Å². The molecule has 3 aliphatic carbocycles. The standard InChI is InChI=1S/C11H10O2/c12-11(13)9-5-7-2-1-6-3-4-8(9)10(6)7/h1-8,10H,(H,12,13)/t6-,7+,8?,10?/m1/s1. The number of hydrogen-bond donors (Lipinski definition) is 1. The van der Waals surface area contributed by atoms with Crippen LogP contribution in [0.1, 0.15) is 0 Å². The molecule has 0 saturated heterocycles. The number of carbonyl (C=O) groups is 1. The smallest absolute Gasteiger partial charge is 0.331 e. The average molecular weight is 174 g/mol. The third-order valence-corrected chi connectivity index (χ3v) is 3.38. The summed E-state index contributed by atoms with van der Waals surface area (Å²) >= 11 is 0. The molecule has 3 aliphatic rings. The first-order valence-electron chi connectivity index (χ1n) is 4.59. The molecule has 2 unspecified atom stereocenters. The number of hydrogen-bond acceptors (Lipinski definition) is 1. The summed E-state index contributed by atoms with van der Waals surface area (Å²) in [7, 11) is 0. The van der Waals surface area contributed by atoms with Crippen molar-refractivity contribution in [1.82, 2.24) is 0 Å². The van der Waals surface area contributed by atoms with Crippen LogP contribution in [-0.2, 0) is 4.79 Å². The monoisotopic (exact) mass is 174 g/mol. The van der Waals surface area contributed by atoms with Gasteiger partial charge < -0.3 is 5.11 Å². The Morgan fingerprint density at radius 2 is 1.85 bits per heavy atom. The van der Waals surface area contributed by atoms with Gasteiger partial charge in [0, 0.05) is 17.4 Å². The lowest BCUT2D eigenvalue weighted by molar-refractivity contribution is -0.133. The molecular formula is C11H10O2. The van der Waals surface area contributed by atoms with Gasteiger partial charge in [-0.05, 0) is 11.8 Å². The Morgan fingerprint density at radius 1 is 1.15 bits per heavy atom. The van der Waals surface area contributed by atoms with Crippen molar-refractivity contribution in [3.05, 3.63) is 36.0 Å². The molecule has 1 N–H and O–H groups in total. The molecule has 0 amide bonds. The van der Waals surface area contributed by atoms with E-state index in [0.29, 0.717) is 23.3 Å². The molecule has 0 radical (unpaired) electrons. The Labute approximate surface area is 76.3 Å². The van der Waals surface area contributed by atoms with Crippen LogP contribution in [0.25, 0.3) is 0 Å². The van der Waals surface area contributed by atoms with E-state index in [-0.39, 0.29) is 5.92 Å². The molecule has 0 aliphatic heterocycles. The zero-order chi connectivity index (χ0) is 9.00. The van der Waals surface area contributed by atoms with E-state index >= 15 is 0 Å². The Hall–Kier alpha value is -1.31. The van der Waals surface area contributed by atoms with Crippen LogP contribution in [-0.4, -0.2) is 11.1 Å². The number of rotatable bonds is 1. The van der Waals surface area contributed by atoms with Gasteiger partial charge in [0.15, 0.2) is 0 Å². The fraction of sp³-hybridized carbons (Fsp3) is 0.364. The van der Waals surface area contributed by atoms with Gasteiger partial charge in [0.1, 0.15) is 0 Å². The second-order valence-corrected chi connectivity index (χ2v) is 3.95. The highest BCUT2D eigenvalue weighted by atomic mass is 16.4. The molecule has 2 heteroatoms. The lowest BCUT2D eigenvalue weighted by atomic mass is 9.87. The van der Waals surface area contributed by atoms with Gasteiger partial charge in [-0.3, -0.25) is 0 Å². The van der Waals surface area contributed by atoms with Gasteiger partial charge in [-0.15, -0.1) is 0 Å². The first-order valence-corrected chi connectivity index (χ1v) is 4.59. The van der Waals surface area contributed by atoms with Crippen LogP contribution < -0.4 is 0 Å². The minimum Gasteiger partial charge on any atom is -0.478 e. The summed E-state index contributed by atoms with van der Waals surface area (Å²) in [4.78, 5) is 10.9. The molecule has 0 spiro atoms. The van der Waals surface area contributed by atoms with Crippen molar-refractivity contribution in [3.63, 3.8) is 0 Å². The second kappa shape index (κ2) is 2.13. The van der Waals surface area contributed by atoms with Crippen LogP contribution in [0.15, 0.2) is 36.0 Å². The maximum Gasteiger partial charge on any atom is 0.331 e. The molecule has 0 fully saturated rings. The normalized spacial score (nSPS) is 43.8. The summed E-state index contributed by atoms with van der Waals surface area (Å²) in [6.07, 6.45) is 10.4.